The molecule has 0 bridgehead atoms. The Hall–Kier alpha value is -1.50. The van der Waals surface area contributed by atoms with E-state index < -0.39 is 11.9 Å². The first kappa shape index (κ1) is 13.6. The minimum absolute atomic E-state index is 0.147. The van der Waals surface area contributed by atoms with E-state index in [4.69, 9.17) is 10.5 Å². The van der Waals surface area contributed by atoms with Crippen LogP contribution in [0.2, 0.25) is 0 Å². The van der Waals surface area contributed by atoms with Crippen LogP contribution >= 0.6 is 0 Å². The van der Waals surface area contributed by atoms with E-state index in [1.165, 1.54) is 7.11 Å². The van der Waals surface area contributed by atoms with Crippen LogP contribution in [0.1, 0.15) is 12.6 Å². The maximum atomic E-state index is 12.4. The van der Waals surface area contributed by atoms with Gasteiger partial charge in [-0.2, -0.15) is 13.2 Å². The number of rotatable bonds is 4. The summed E-state index contributed by atoms with van der Waals surface area (Å²) in [6.45, 7) is 2.14. The maximum absolute atomic E-state index is 12.4. The molecule has 0 fully saturated rings. The van der Waals surface area contributed by atoms with Gasteiger partial charge < -0.3 is 15.8 Å². The van der Waals surface area contributed by atoms with Gasteiger partial charge in [0.25, 0.3) is 0 Å². The molecule has 4 nitrogen and oxygen atoms in total. The summed E-state index contributed by atoms with van der Waals surface area (Å²) in [5, 5.41) is 2.83. The summed E-state index contributed by atoms with van der Waals surface area (Å²) in [5.74, 6) is 0. The number of nitrogens with zero attached hydrogens (tertiary/aromatic N) is 1. The van der Waals surface area contributed by atoms with Crippen molar-refractivity contribution in [2.24, 2.45) is 0 Å². The Labute approximate surface area is 97.0 Å². The highest BCUT2D eigenvalue weighted by atomic mass is 19.4. The zero-order valence-corrected chi connectivity index (χ0v) is 9.51. The van der Waals surface area contributed by atoms with Crippen LogP contribution in [0.15, 0.2) is 12.3 Å². The standard InChI is InChI=1S/C10H14F3N3O/c1-6(5-17-2)16-8-3-9(10(11,12)13)15-4-7(8)14/h3-4,6H,5,14H2,1-2H3,(H,15,16). The minimum Gasteiger partial charge on any atom is -0.396 e. The second kappa shape index (κ2) is 5.22. The summed E-state index contributed by atoms with van der Waals surface area (Å²) >= 11 is 0. The van der Waals surface area contributed by atoms with Gasteiger partial charge in [-0.25, -0.2) is 4.98 Å². The number of methoxy groups -OCH3 is 1. The molecular weight excluding hydrogens is 235 g/mol. The van der Waals surface area contributed by atoms with Crippen LogP contribution < -0.4 is 11.1 Å². The monoisotopic (exact) mass is 249 g/mol. The molecule has 1 aromatic heterocycles. The third-order valence-electron chi connectivity index (χ3n) is 2.04. The van der Waals surface area contributed by atoms with Crippen LogP contribution in [-0.4, -0.2) is 24.7 Å². The van der Waals surface area contributed by atoms with Gasteiger partial charge in [-0.3, -0.25) is 0 Å². The van der Waals surface area contributed by atoms with Crippen LogP contribution in [0.5, 0.6) is 0 Å². The molecule has 0 aliphatic carbocycles. The van der Waals surface area contributed by atoms with Crippen molar-refractivity contribution in [2.75, 3.05) is 24.8 Å². The lowest BCUT2D eigenvalue weighted by Crippen LogP contribution is -2.22. The number of alkyl halides is 3. The highest BCUT2D eigenvalue weighted by Gasteiger charge is 2.33. The number of nitrogens with two attached hydrogens (primary N) is 1. The third kappa shape index (κ3) is 3.77. The number of hydrogen-bond acceptors (Lipinski definition) is 4. The lowest BCUT2D eigenvalue weighted by Gasteiger charge is -2.17. The van der Waals surface area contributed by atoms with Crippen molar-refractivity contribution in [1.29, 1.82) is 0 Å². The molecule has 96 valence electrons. The largest absolute Gasteiger partial charge is 0.433 e. The van der Waals surface area contributed by atoms with E-state index in [0.717, 1.165) is 12.3 Å². The van der Waals surface area contributed by atoms with E-state index in [-0.39, 0.29) is 17.4 Å². The van der Waals surface area contributed by atoms with Crippen molar-refractivity contribution < 1.29 is 17.9 Å². The van der Waals surface area contributed by atoms with E-state index in [1.54, 1.807) is 6.92 Å². The molecular formula is C10H14F3N3O. The Morgan fingerprint density at radius 2 is 2.18 bits per heavy atom. The smallest absolute Gasteiger partial charge is 0.396 e. The summed E-state index contributed by atoms with van der Waals surface area (Å²) in [4.78, 5) is 3.24. The normalized spacial score (nSPS) is 13.5. The Bertz CT molecular complexity index is 382. The Kier molecular flexibility index (Phi) is 4.17. The van der Waals surface area contributed by atoms with Gasteiger partial charge in [0.05, 0.1) is 24.2 Å². The molecule has 0 spiro atoms. The average Bonchev–Trinajstić information content (AvgIpc) is 2.20. The molecule has 0 aromatic carbocycles. The fraction of sp³-hybridized carbons (Fsp3) is 0.500. The van der Waals surface area contributed by atoms with Gasteiger partial charge in [-0.15, -0.1) is 0 Å². The van der Waals surface area contributed by atoms with Crippen molar-refractivity contribution in [3.8, 4) is 0 Å². The summed E-state index contributed by atoms with van der Waals surface area (Å²) in [7, 11) is 1.51. The van der Waals surface area contributed by atoms with E-state index in [1.807, 2.05) is 0 Å². The highest BCUT2D eigenvalue weighted by molar-refractivity contribution is 5.65. The van der Waals surface area contributed by atoms with Gasteiger partial charge in [0.1, 0.15) is 5.69 Å². The van der Waals surface area contributed by atoms with Crippen molar-refractivity contribution >= 4 is 11.4 Å². The first-order valence-corrected chi connectivity index (χ1v) is 4.92. The lowest BCUT2D eigenvalue weighted by molar-refractivity contribution is -0.141. The molecule has 0 aliphatic heterocycles. The predicted octanol–water partition coefficient (Wildman–Crippen LogP) is 2.13. The number of pyridine rings is 1. The lowest BCUT2D eigenvalue weighted by atomic mass is 10.2. The quantitative estimate of drug-likeness (QED) is 0.858. The second-order valence-corrected chi connectivity index (χ2v) is 3.66. The predicted molar refractivity (Wildman–Crippen MR) is 58.6 cm³/mol. The molecule has 0 saturated heterocycles. The molecule has 0 radical (unpaired) electrons. The van der Waals surface area contributed by atoms with Crippen LogP contribution in [0.25, 0.3) is 0 Å². The number of halogens is 3. The number of aromatic nitrogens is 1. The highest BCUT2D eigenvalue weighted by Crippen LogP contribution is 2.31. The van der Waals surface area contributed by atoms with Crippen molar-refractivity contribution in [3.05, 3.63) is 18.0 Å². The number of nitrogen functional groups attached to an aromatic ring is 1. The van der Waals surface area contributed by atoms with Gasteiger partial charge in [0, 0.05) is 13.2 Å². The molecule has 7 heteroatoms. The number of nitrogens with one attached hydrogen (secondary N) is 1. The van der Waals surface area contributed by atoms with Gasteiger partial charge in [-0.05, 0) is 13.0 Å². The van der Waals surface area contributed by atoms with E-state index in [0.29, 0.717) is 6.61 Å². The summed E-state index contributed by atoms with van der Waals surface area (Å²) in [5.41, 5.74) is 4.94. The zero-order valence-electron chi connectivity index (χ0n) is 9.51. The van der Waals surface area contributed by atoms with Crippen LogP contribution in [-0.2, 0) is 10.9 Å². The van der Waals surface area contributed by atoms with Crippen LogP contribution in [0, 0.1) is 0 Å². The van der Waals surface area contributed by atoms with Crippen molar-refractivity contribution in [2.45, 2.75) is 19.1 Å². The summed E-state index contributed by atoms with van der Waals surface area (Å²) in [6.07, 6.45) is -3.49. The molecule has 1 rings (SSSR count). The van der Waals surface area contributed by atoms with Crippen molar-refractivity contribution in [1.82, 2.24) is 4.98 Å². The molecule has 1 aromatic rings. The van der Waals surface area contributed by atoms with E-state index in [2.05, 4.69) is 10.3 Å². The first-order valence-electron chi connectivity index (χ1n) is 4.92. The third-order valence-corrected chi connectivity index (χ3v) is 2.04. The van der Waals surface area contributed by atoms with Gasteiger partial charge in [0.2, 0.25) is 0 Å². The fourth-order valence-corrected chi connectivity index (χ4v) is 1.30. The number of hydrogen-bond donors (Lipinski definition) is 2. The molecule has 1 heterocycles. The molecule has 17 heavy (non-hydrogen) atoms. The Morgan fingerprint density at radius 3 is 2.71 bits per heavy atom. The Balaban J connectivity index is 2.91. The van der Waals surface area contributed by atoms with Gasteiger partial charge in [0.15, 0.2) is 0 Å². The number of anilines is 2. The van der Waals surface area contributed by atoms with Crippen LogP contribution in [0.4, 0.5) is 24.5 Å². The fourth-order valence-electron chi connectivity index (χ4n) is 1.30. The SMILES string of the molecule is COCC(C)Nc1cc(C(F)(F)F)ncc1N. The first-order chi connectivity index (χ1) is 7.84. The molecule has 0 saturated carbocycles. The average molecular weight is 249 g/mol. The summed E-state index contributed by atoms with van der Waals surface area (Å²) in [6, 6.07) is 0.743. The van der Waals surface area contributed by atoms with E-state index in [9.17, 15) is 13.2 Å². The van der Waals surface area contributed by atoms with Crippen molar-refractivity contribution in [3.63, 3.8) is 0 Å². The molecule has 3 N–H and O–H groups in total. The summed E-state index contributed by atoms with van der Waals surface area (Å²) < 4.78 is 42.2. The van der Waals surface area contributed by atoms with Gasteiger partial charge >= 0.3 is 6.18 Å². The topological polar surface area (TPSA) is 60.2 Å². The molecule has 0 amide bonds. The number of ether oxygens (including phenoxy) is 1. The Morgan fingerprint density at radius 1 is 1.53 bits per heavy atom. The maximum Gasteiger partial charge on any atom is 0.433 e. The molecule has 1 unspecified atom stereocenters. The van der Waals surface area contributed by atoms with E-state index >= 15 is 0 Å². The minimum atomic E-state index is -4.48. The molecule has 0 aliphatic rings. The van der Waals surface area contributed by atoms with Crippen LogP contribution in [0.3, 0.4) is 0 Å². The second-order valence-electron chi connectivity index (χ2n) is 3.66. The molecule has 1 atom stereocenters. The zero-order chi connectivity index (χ0) is 13.1. The van der Waals surface area contributed by atoms with Gasteiger partial charge in [-0.1, -0.05) is 0 Å².